The summed E-state index contributed by atoms with van der Waals surface area (Å²) in [5.41, 5.74) is 2.27. The maximum Gasteiger partial charge on any atom is 0.422 e. The predicted molar refractivity (Wildman–Crippen MR) is 125 cm³/mol. The van der Waals surface area contributed by atoms with E-state index in [4.69, 9.17) is 4.74 Å². The van der Waals surface area contributed by atoms with Crippen molar-refractivity contribution in [3.63, 3.8) is 0 Å². The topological polar surface area (TPSA) is 79.8 Å². The molecule has 31 heavy (non-hydrogen) atoms. The fourth-order valence-electron chi connectivity index (χ4n) is 2.74. The van der Waals surface area contributed by atoms with Gasteiger partial charge >= 0.3 is 6.18 Å². The molecule has 0 saturated heterocycles. The number of aryl methyl sites for hydroxylation is 1. The molecule has 0 atom stereocenters. The third-order valence-corrected chi connectivity index (χ3v) is 5.34. The summed E-state index contributed by atoms with van der Waals surface area (Å²) in [6.07, 6.45) is -3.22. The Morgan fingerprint density at radius 3 is 2.19 bits per heavy atom. The summed E-state index contributed by atoms with van der Waals surface area (Å²) in [4.78, 5) is 4.40. The lowest BCUT2D eigenvalue weighted by Crippen LogP contribution is -2.36. The van der Waals surface area contributed by atoms with Gasteiger partial charge in [-0.3, -0.25) is 4.99 Å². The molecule has 2 N–H and O–H groups in total. The molecule has 0 aliphatic rings. The molecule has 0 saturated carbocycles. The van der Waals surface area contributed by atoms with Crippen molar-refractivity contribution in [2.45, 2.75) is 31.1 Å². The minimum absolute atomic E-state index is 0. The van der Waals surface area contributed by atoms with E-state index >= 15 is 0 Å². The average molecular weight is 571 g/mol. The highest BCUT2D eigenvalue weighted by Crippen LogP contribution is 2.19. The molecule has 0 heterocycles. The van der Waals surface area contributed by atoms with Crippen molar-refractivity contribution >= 4 is 39.8 Å². The molecule has 2 rings (SSSR count). The van der Waals surface area contributed by atoms with Gasteiger partial charge in [0, 0.05) is 26.4 Å². The predicted octanol–water partition coefficient (Wildman–Crippen LogP) is 3.82. The van der Waals surface area contributed by atoms with Crippen molar-refractivity contribution in [2.24, 2.45) is 4.99 Å². The summed E-state index contributed by atoms with van der Waals surface area (Å²) in [6.45, 7) is 1.14. The molecule has 0 aliphatic heterocycles. The van der Waals surface area contributed by atoms with Gasteiger partial charge in [0.05, 0.1) is 4.90 Å². The first-order valence-electron chi connectivity index (χ1n) is 9.00. The zero-order valence-corrected chi connectivity index (χ0v) is 20.4. The Bertz CT molecular complexity index is 1010. The molecule has 0 amide bonds. The Hall–Kier alpha value is -2.02. The van der Waals surface area contributed by atoms with Gasteiger partial charge in [-0.05, 0) is 41.8 Å². The first-order valence-corrected chi connectivity index (χ1v) is 10.9. The van der Waals surface area contributed by atoms with Gasteiger partial charge in [-0.15, -0.1) is 24.0 Å². The maximum absolute atomic E-state index is 12.3. The van der Waals surface area contributed by atoms with Crippen molar-refractivity contribution in [1.29, 1.82) is 0 Å². The number of guanidine groups is 1. The number of nitrogens with zero attached hydrogens (tertiary/aromatic N) is 1. The van der Waals surface area contributed by atoms with Gasteiger partial charge in [0.15, 0.2) is 22.4 Å². The number of sulfone groups is 1. The molecule has 0 aliphatic carbocycles. The molecule has 6 nitrogen and oxygen atoms in total. The Morgan fingerprint density at radius 1 is 1.06 bits per heavy atom. The summed E-state index contributed by atoms with van der Waals surface area (Å²) in [5.74, 6) is 0.623. The molecular weight excluding hydrogens is 546 g/mol. The SMILES string of the molecule is CN=C(NCc1cccc(OCC(F)(F)F)c1)NCc1ccc(S(C)(=O)=O)c(C)c1.I. The van der Waals surface area contributed by atoms with Crippen LogP contribution in [0, 0.1) is 6.92 Å². The quantitative estimate of drug-likeness (QED) is 0.300. The zero-order valence-electron chi connectivity index (χ0n) is 17.3. The van der Waals surface area contributed by atoms with E-state index < -0.39 is 22.6 Å². The van der Waals surface area contributed by atoms with E-state index in [-0.39, 0.29) is 29.7 Å². The second kappa shape index (κ2) is 11.6. The van der Waals surface area contributed by atoms with Crippen molar-refractivity contribution in [1.82, 2.24) is 10.6 Å². The second-order valence-corrected chi connectivity index (χ2v) is 8.69. The number of hydrogen-bond donors (Lipinski definition) is 2. The highest BCUT2D eigenvalue weighted by Gasteiger charge is 2.28. The Balaban J connectivity index is 0.00000480. The number of alkyl halides is 3. The molecule has 0 unspecified atom stereocenters. The average Bonchev–Trinajstić information content (AvgIpc) is 2.65. The van der Waals surface area contributed by atoms with Crippen LogP contribution < -0.4 is 15.4 Å². The molecule has 0 aromatic heterocycles. The van der Waals surface area contributed by atoms with Gasteiger partial charge < -0.3 is 15.4 Å². The summed E-state index contributed by atoms with van der Waals surface area (Å²) in [7, 11) is -1.68. The summed E-state index contributed by atoms with van der Waals surface area (Å²) in [6, 6.07) is 11.5. The lowest BCUT2D eigenvalue weighted by Gasteiger charge is -2.14. The monoisotopic (exact) mass is 571 g/mol. The van der Waals surface area contributed by atoms with Crippen LogP contribution in [0.3, 0.4) is 0 Å². The van der Waals surface area contributed by atoms with Crippen LogP contribution in [0.15, 0.2) is 52.4 Å². The van der Waals surface area contributed by atoms with Crippen LogP contribution in [0.2, 0.25) is 0 Å². The van der Waals surface area contributed by atoms with Crippen molar-refractivity contribution in [3.8, 4) is 5.75 Å². The third kappa shape index (κ3) is 9.33. The third-order valence-electron chi connectivity index (χ3n) is 4.08. The lowest BCUT2D eigenvalue weighted by molar-refractivity contribution is -0.153. The Kier molecular flexibility index (Phi) is 10.1. The minimum atomic E-state index is -4.39. The number of hydrogen-bond acceptors (Lipinski definition) is 4. The molecule has 0 fully saturated rings. The highest BCUT2D eigenvalue weighted by atomic mass is 127. The van der Waals surface area contributed by atoms with E-state index in [0.29, 0.717) is 29.5 Å². The molecule has 2 aromatic rings. The molecular formula is C20H25F3IN3O3S. The van der Waals surface area contributed by atoms with Crippen LogP contribution in [-0.4, -0.2) is 40.5 Å². The van der Waals surface area contributed by atoms with E-state index in [1.54, 1.807) is 44.3 Å². The zero-order chi connectivity index (χ0) is 22.4. The normalized spacial score (nSPS) is 12.1. The first kappa shape index (κ1) is 27.0. The van der Waals surface area contributed by atoms with Crippen LogP contribution in [0.1, 0.15) is 16.7 Å². The fourth-order valence-corrected chi connectivity index (χ4v) is 3.70. The molecule has 11 heteroatoms. The first-order chi connectivity index (χ1) is 14.0. The van der Waals surface area contributed by atoms with Crippen molar-refractivity contribution in [2.75, 3.05) is 19.9 Å². The van der Waals surface area contributed by atoms with Crippen molar-refractivity contribution < 1.29 is 26.3 Å². The Morgan fingerprint density at radius 2 is 1.68 bits per heavy atom. The van der Waals surface area contributed by atoms with Gasteiger partial charge in [0.1, 0.15) is 5.75 Å². The van der Waals surface area contributed by atoms with E-state index in [2.05, 4.69) is 15.6 Å². The van der Waals surface area contributed by atoms with Gasteiger partial charge in [-0.1, -0.05) is 24.3 Å². The number of halogens is 4. The number of rotatable bonds is 7. The van der Waals surface area contributed by atoms with Crippen LogP contribution in [0.5, 0.6) is 5.75 Å². The molecule has 0 spiro atoms. The van der Waals surface area contributed by atoms with Gasteiger partial charge in [-0.2, -0.15) is 13.2 Å². The standard InChI is InChI=1S/C20H24F3N3O3S.HI/c1-14-9-16(7-8-18(14)30(3,27)28)12-26-19(24-2)25-11-15-5-4-6-17(10-15)29-13-20(21,22)23;/h4-10H,11-13H2,1-3H3,(H2,24,25,26);1H. The second-order valence-electron chi connectivity index (χ2n) is 6.70. The van der Waals surface area contributed by atoms with E-state index in [1.165, 1.54) is 18.4 Å². The molecule has 172 valence electrons. The fraction of sp³-hybridized carbons (Fsp3) is 0.350. The number of ether oxygens (including phenoxy) is 1. The van der Waals surface area contributed by atoms with Crippen molar-refractivity contribution in [3.05, 3.63) is 59.2 Å². The smallest absolute Gasteiger partial charge is 0.422 e. The van der Waals surface area contributed by atoms with Crippen LogP contribution in [-0.2, 0) is 22.9 Å². The van der Waals surface area contributed by atoms with Gasteiger partial charge in [0.2, 0.25) is 0 Å². The number of aliphatic imine (C=N–C) groups is 1. The highest BCUT2D eigenvalue weighted by molar-refractivity contribution is 14.0. The Labute approximate surface area is 197 Å². The largest absolute Gasteiger partial charge is 0.484 e. The van der Waals surface area contributed by atoms with E-state index in [0.717, 1.165) is 11.1 Å². The van der Waals surface area contributed by atoms with Crippen LogP contribution in [0.25, 0.3) is 0 Å². The summed E-state index contributed by atoms with van der Waals surface area (Å²) >= 11 is 0. The van der Waals surface area contributed by atoms with E-state index in [1.807, 2.05) is 0 Å². The summed E-state index contributed by atoms with van der Waals surface area (Å²) in [5, 5.41) is 6.18. The lowest BCUT2D eigenvalue weighted by atomic mass is 10.1. The summed E-state index contributed by atoms with van der Waals surface area (Å²) < 4.78 is 65.0. The van der Waals surface area contributed by atoms with Crippen LogP contribution in [0.4, 0.5) is 13.2 Å². The number of nitrogens with one attached hydrogen (secondary N) is 2. The molecule has 2 aromatic carbocycles. The van der Waals surface area contributed by atoms with E-state index in [9.17, 15) is 21.6 Å². The van der Waals surface area contributed by atoms with Crippen LogP contribution >= 0.6 is 24.0 Å². The van der Waals surface area contributed by atoms with Gasteiger partial charge in [-0.25, -0.2) is 8.42 Å². The maximum atomic E-state index is 12.3. The minimum Gasteiger partial charge on any atom is -0.484 e. The van der Waals surface area contributed by atoms with Gasteiger partial charge in [0.25, 0.3) is 0 Å². The molecule has 0 bridgehead atoms. The number of benzene rings is 2. The molecule has 0 radical (unpaired) electrons.